The van der Waals surface area contributed by atoms with Crippen LogP contribution >= 0.6 is 0 Å². The SMILES string of the molecule is COc1ccc(OCC(=O)NCc2ccc(-c3nc(C)ncc3-c3cc(C)no3)cc2)cc1. The Balaban J connectivity index is 1.38. The number of hydrogen-bond acceptors (Lipinski definition) is 7. The topological polar surface area (TPSA) is 99.4 Å². The Hall–Kier alpha value is -4.20. The molecule has 4 aromatic rings. The second-order valence-electron chi connectivity index (χ2n) is 7.45. The number of rotatable bonds is 8. The highest BCUT2D eigenvalue weighted by Gasteiger charge is 2.14. The van der Waals surface area contributed by atoms with Crippen molar-refractivity contribution in [3.05, 3.63) is 77.9 Å². The predicted octanol–water partition coefficient (Wildman–Crippen LogP) is 4.12. The van der Waals surface area contributed by atoms with Crippen molar-refractivity contribution in [2.45, 2.75) is 20.4 Å². The first-order valence-corrected chi connectivity index (χ1v) is 10.4. The van der Waals surface area contributed by atoms with E-state index in [1.165, 1.54) is 0 Å². The summed E-state index contributed by atoms with van der Waals surface area (Å²) >= 11 is 0. The zero-order valence-corrected chi connectivity index (χ0v) is 18.7. The summed E-state index contributed by atoms with van der Waals surface area (Å²) in [7, 11) is 1.60. The molecule has 0 radical (unpaired) electrons. The van der Waals surface area contributed by atoms with E-state index in [0.29, 0.717) is 23.9 Å². The van der Waals surface area contributed by atoms with Crippen molar-refractivity contribution in [3.63, 3.8) is 0 Å². The number of ether oxygens (including phenoxy) is 2. The van der Waals surface area contributed by atoms with Gasteiger partial charge in [-0.2, -0.15) is 0 Å². The summed E-state index contributed by atoms with van der Waals surface area (Å²) in [5.74, 6) is 2.42. The van der Waals surface area contributed by atoms with E-state index >= 15 is 0 Å². The quantitative estimate of drug-likeness (QED) is 0.436. The van der Waals surface area contributed by atoms with Crippen LogP contribution < -0.4 is 14.8 Å². The summed E-state index contributed by atoms with van der Waals surface area (Å²) in [6.07, 6.45) is 1.74. The highest BCUT2D eigenvalue weighted by atomic mass is 16.5. The Morgan fingerprint density at radius 3 is 2.42 bits per heavy atom. The molecule has 0 aliphatic carbocycles. The second kappa shape index (κ2) is 9.95. The van der Waals surface area contributed by atoms with Crippen LogP contribution in [0.4, 0.5) is 0 Å². The fourth-order valence-corrected chi connectivity index (χ4v) is 3.21. The first kappa shape index (κ1) is 22.0. The standard InChI is InChI=1S/C25H24N4O4/c1-16-12-23(33-29-16)22-14-26-17(2)28-25(22)19-6-4-18(5-7-19)13-27-24(30)15-32-21-10-8-20(31-3)9-11-21/h4-12,14H,13,15H2,1-3H3,(H,27,30). The zero-order valence-electron chi connectivity index (χ0n) is 18.7. The van der Waals surface area contributed by atoms with Gasteiger partial charge in [0.2, 0.25) is 0 Å². The van der Waals surface area contributed by atoms with E-state index in [2.05, 4.69) is 20.4 Å². The van der Waals surface area contributed by atoms with Crippen LogP contribution in [0.25, 0.3) is 22.6 Å². The summed E-state index contributed by atoms with van der Waals surface area (Å²) < 4.78 is 16.0. The molecule has 0 unspecified atom stereocenters. The molecule has 0 saturated heterocycles. The van der Waals surface area contributed by atoms with Crippen molar-refractivity contribution >= 4 is 5.91 Å². The van der Waals surface area contributed by atoms with Gasteiger partial charge in [-0.15, -0.1) is 0 Å². The molecule has 2 aromatic heterocycles. The van der Waals surface area contributed by atoms with Crippen LogP contribution in [-0.4, -0.2) is 34.7 Å². The number of nitrogens with one attached hydrogen (secondary N) is 1. The molecule has 168 valence electrons. The van der Waals surface area contributed by atoms with Gasteiger partial charge in [0, 0.05) is 24.4 Å². The average Bonchev–Trinajstić information content (AvgIpc) is 3.28. The molecule has 0 bridgehead atoms. The van der Waals surface area contributed by atoms with Gasteiger partial charge < -0.3 is 19.3 Å². The molecule has 0 spiro atoms. The van der Waals surface area contributed by atoms with E-state index < -0.39 is 0 Å². The molecule has 8 heteroatoms. The van der Waals surface area contributed by atoms with Gasteiger partial charge in [0.05, 0.1) is 24.1 Å². The smallest absolute Gasteiger partial charge is 0.258 e. The number of carbonyl (C=O) groups is 1. The van der Waals surface area contributed by atoms with Gasteiger partial charge in [-0.1, -0.05) is 29.4 Å². The Labute approximate surface area is 191 Å². The monoisotopic (exact) mass is 444 g/mol. The van der Waals surface area contributed by atoms with Crippen molar-refractivity contribution in [2.75, 3.05) is 13.7 Å². The summed E-state index contributed by atoms with van der Waals surface area (Å²) in [5, 5.41) is 6.82. The molecule has 4 rings (SSSR count). The van der Waals surface area contributed by atoms with Crippen LogP contribution in [-0.2, 0) is 11.3 Å². The van der Waals surface area contributed by atoms with Crippen LogP contribution in [0, 0.1) is 13.8 Å². The van der Waals surface area contributed by atoms with E-state index in [0.717, 1.165) is 33.8 Å². The van der Waals surface area contributed by atoms with Crippen molar-refractivity contribution in [3.8, 4) is 34.1 Å². The number of nitrogens with zero attached hydrogens (tertiary/aromatic N) is 3. The Bertz CT molecular complexity index is 1230. The van der Waals surface area contributed by atoms with Gasteiger partial charge in [0.1, 0.15) is 17.3 Å². The van der Waals surface area contributed by atoms with Gasteiger partial charge in [-0.25, -0.2) is 9.97 Å². The van der Waals surface area contributed by atoms with Crippen molar-refractivity contribution < 1.29 is 18.8 Å². The highest BCUT2D eigenvalue weighted by molar-refractivity contribution is 5.78. The number of carbonyl (C=O) groups excluding carboxylic acids is 1. The number of methoxy groups -OCH3 is 1. The number of amides is 1. The number of aromatic nitrogens is 3. The van der Waals surface area contributed by atoms with Gasteiger partial charge >= 0.3 is 0 Å². The van der Waals surface area contributed by atoms with Crippen molar-refractivity contribution in [2.24, 2.45) is 0 Å². The first-order valence-electron chi connectivity index (χ1n) is 10.4. The lowest BCUT2D eigenvalue weighted by Gasteiger charge is -2.10. The Morgan fingerprint density at radius 1 is 1.03 bits per heavy atom. The minimum Gasteiger partial charge on any atom is -0.497 e. The third kappa shape index (κ3) is 5.54. The second-order valence-corrected chi connectivity index (χ2v) is 7.45. The van der Waals surface area contributed by atoms with Crippen LogP contribution in [0.5, 0.6) is 11.5 Å². The molecule has 0 aliphatic rings. The maximum Gasteiger partial charge on any atom is 0.258 e. The lowest BCUT2D eigenvalue weighted by molar-refractivity contribution is -0.123. The van der Waals surface area contributed by atoms with Crippen LogP contribution in [0.3, 0.4) is 0 Å². The van der Waals surface area contributed by atoms with E-state index in [9.17, 15) is 4.79 Å². The largest absolute Gasteiger partial charge is 0.497 e. The molecule has 0 aliphatic heterocycles. The van der Waals surface area contributed by atoms with E-state index in [1.54, 1.807) is 37.6 Å². The normalized spacial score (nSPS) is 10.6. The predicted molar refractivity (Wildman–Crippen MR) is 123 cm³/mol. The lowest BCUT2D eigenvalue weighted by atomic mass is 10.0. The highest BCUT2D eigenvalue weighted by Crippen LogP contribution is 2.30. The Morgan fingerprint density at radius 2 is 1.76 bits per heavy atom. The fraction of sp³-hybridized carbons (Fsp3) is 0.200. The molecule has 1 amide bonds. The van der Waals surface area contributed by atoms with E-state index in [-0.39, 0.29) is 12.5 Å². The maximum absolute atomic E-state index is 12.1. The van der Waals surface area contributed by atoms with Crippen LogP contribution in [0.2, 0.25) is 0 Å². The van der Waals surface area contributed by atoms with Crippen molar-refractivity contribution in [1.82, 2.24) is 20.4 Å². The number of benzene rings is 2. The van der Waals surface area contributed by atoms with Gasteiger partial charge in [-0.05, 0) is 43.7 Å². The Kier molecular flexibility index (Phi) is 6.64. The van der Waals surface area contributed by atoms with Gasteiger partial charge in [0.15, 0.2) is 12.4 Å². The van der Waals surface area contributed by atoms with Gasteiger partial charge in [-0.3, -0.25) is 4.79 Å². The van der Waals surface area contributed by atoms with E-state index in [4.69, 9.17) is 14.0 Å². The summed E-state index contributed by atoms with van der Waals surface area (Å²) in [5.41, 5.74) is 4.21. The minimum atomic E-state index is -0.204. The summed E-state index contributed by atoms with van der Waals surface area (Å²) in [6, 6.07) is 16.8. The molecule has 2 heterocycles. The molecule has 0 saturated carbocycles. The summed E-state index contributed by atoms with van der Waals surface area (Å²) in [6.45, 7) is 4.04. The molecule has 2 aromatic carbocycles. The molecule has 33 heavy (non-hydrogen) atoms. The van der Waals surface area contributed by atoms with Crippen molar-refractivity contribution in [1.29, 1.82) is 0 Å². The molecule has 0 atom stereocenters. The lowest BCUT2D eigenvalue weighted by Crippen LogP contribution is -2.28. The van der Waals surface area contributed by atoms with Crippen LogP contribution in [0.15, 0.2) is 65.3 Å². The third-order valence-corrected chi connectivity index (χ3v) is 4.95. The summed E-state index contributed by atoms with van der Waals surface area (Å²) in [4.78, 5) is 21.1. The molecule has 1 N–H and O–H groups in total. The molecule has 0 fully saturated rings. The minimum absolute atomic E-state index is 0.0649. The maximum atomic E-state index is 12.1. The van der Waals surface area contributed by atoms with Gasteiger partial charge in [0.25, 0.3) is 5.91 Å². The average molecular weight is 444 g/mol. The zero-order chi connectivity index (χ0) is 23.2. The van der Waals surface area contributed by atoms with E-state index in [1.807, 2.05) is 44.2 Å². The molecule has 8 nitrogen and oxygen atoms in total. The van der Waals surface area contributed by atoms with Crippen LogP contribution in [0.1, 0.15) is 17.1 Å². The molecular weight excluding hydrogens is 420 g/mol. The third-order valence-electron chi connectivity index (χ3n) is 4.95. The molecular formula is C25H24N4O4. The number of aryl methyl sites for hydroxylation is 2. The fourth-order valence-electron chi connectivity index (χ4n) is 3.21. The number of hydrogen-bond donors (Lipinski definition) is 1. The first-order chi connectivity index (χ1) is 16.0.